The number of phenolic OH excluding ortho intramolecular Hbond substituents is 1. The summed E-state index contributed by atoms with van der Waals surface area (Å²) in [5, 5.41) is 11.5. The van der Waals surface area contributed by atoms with Gasteiger partial charge in [0.15, 0.2) is 5.58 Å². The van der Waals surface area contributed by atoms with Crippen LogP contribution in [0.5, 0.6) is 11.5 Å². The fourth-order valence-corrected chi connectivity index (χ4v) is 10.0. The molecule has 59 heavy (non-hydrogen) atoms. The van der Waals surface area contributed by atoms with Crippen LogP contribution in [0.1, 0.15) is 36.8 Å². The summed E-state index contributed by atoms with van der Waals surface area (Å²) >= 11 is 6.15. The van der Waals surface area contributed by atoms with Gasteiger partial charge >= 0.3 is 0 Å². The third-order valence-corrected chi connectivity index (χ3v) is 13.0. The Hall–Kier alpha value is -6.59. The molecule has 0 spiro atoms. The highest BCUT2D eigenvalue weighted by atomic mass is 35.5. The molecule has 3 fully saturated rings. The second-order valence-corrected chi connectivity index (χ2v) is 16.2. The highest BCUT2D eigenvalue weighted by molar-refractivity contribution is 6.32. The maximum absolute atomic E-state index is 14.8. The third kappa shape index (κ3) is 5.70. The van der Waals surface area contributed by atoms with Crippen LogP contribution in [0.25, 0.3) is 22.6 Å². The van der Waals surface area contributed by atoms with Gasteiger partial charge in [0.2, 0.25) is 29.5 Å². The Balaban J connectivity index is 1.02. The minimum absolute atomic E-state index is 0.0958. The van der Waals surface area contributed by atoms with E-state index in [0.717, 1.165) is 16.5 Å². The van der Waals surface area contributed by atoms with Gasteiger partial charge in [0, 0.05) is 23.1 Å². The standard InChI is InChI=1S/C47H35ClFN3O7/c1-47-34(44(55)52(46(47)57)28-15-20-36(49)35(48)21-28)23-33-30(41(47)31-17-16-29(22-38(31)53)58-24-25-7-3-2-4-8-25)18-19-32-40(33)45(56)51(43(32)54)27-13-11-26(12-14-27)42-50-37-9-5-6-10-39(37)59-42/h2-18,20-22,32-34,40-41,53H,19,23-24H2,1H3/t32-,33+,34-,40-,41+,47+/m0/s1. The van der Waals surface area contributed by atoms with E-state index in [1.165, 1.54) is 23.1 Å². The topological polar surface area (TPSA) is 130 Å². The van der Waals surface area contributed by atoms with Crippen LogP contribution in [0.2, 0.25) is 5.02 Å². The number of halogens is 2. The lowest BCUT2D eigenvalue weighted by molar-refractivity contribution is -0.131. The van der Waals surface area contributed by atoms with Crippen LogP contribution >= 0.6 is 11.6 Å². The van der Waals surface area contributed by atoms with Gasteiger partial charge in [-0.2, -0.15) is 0 Å². The Bertz CT molecular complexity index is 2740. The first-order valence-electron chi connectivity index (χ1n) is 19.4. The van der Waals surface area contributed by atoms with Gasteiger partial charge in [0.05, 0.1) is 39.6 Å². The molecule has 10 rings (SSSR count). The average Bonchev–Trinajstić information content (AvgIpc) is 3.85. The van der Waals surface area contributed by atoms with E-state index in [-0.39, 0.29) is 41.8 Å². The first-order valence-corrected chi connectivity index (χ1v) is 19.8. The molecule has 3 heterocycles. The number of hydrogen-bond donors (Lipinski definition) is 1. The monoisotopic (exact) mass is 807 g/mol. The zero-order valence-electron chi connectivity index (χ0n) is 31.5. The van der Waals surface area contributed by atoms with E-state index in [9.17, 15) is 28.7 Å². The number of ether oxygens (including phenoxy) is 1. The summed E-state index contributed by atoms with van der Waals surface area (Å²) in [7, 11) is 0. The van der Waals surface area contributed by atoms with Crippen molar-refractivity contribution < 1.29 is 37.8 Å². The van der Waals surface area contributed by atoms with Crippen molar-refractivity contribution in [1.82, 2.24) is 4.98 Å². The van der Waals surface area contributed by atoms with Crippen molar-refractivity contribution in [1.29, 1.82) is 0 Å². The Labute approximate surface area is 342 Å². The first-order chi connectivity index (χ1) is 28.5. The number of benzene rings is 5. The van der Waals surface area contributed by atoms with Gasteiger partial charge in [0.25, 0.3) is 0 Å². The maximum atomic E-state index is 14.8. The Kier molecular flexibility index (Phi) is 8.57. The van der Waals surface area contributed by atoms with Crippen molar-refractivity contribution in [3.8, 4) is 23.0 Å². The molecule has 2 aliphatic carbocycles. The summed E-state index contributed by atoms with van der Waals surface area (Å²) in [5.41, 5.74) is 3.10. The van der Waals surface area contributed by atoms with Gasteiger partial charge in [-0.05, 0) is 91.9 Å². The predicted molar refractivity (Wildman–Crippen MR) is 217 cm³/mol. The Morgan fingerprint density at radius 3 is 2.34 bits per heavy atom. The lowest BCUT2D eigenvalue weighted by Crippen LogP contribution is -2.48. The van der Waals surface area contributed by atoms with E-state index in [1.54, 1.807) is 43.3 Å². The van der Waals surface area contributed by atoms with Crippen molar-refractivity contribution >= 4 is 57.7 Å². The van der Waals surface area contributed by atoms with E-state index >= 15 is 0 Å². The fourth-order valence-electron chi connectivity index (χ4n) is 9.83. The number of nitrogens with zero attached hydrogens (tertiary/aromatic N) is 3. The van der Waals surface area contributed by atoms with Gasteiger partial charge in [-0.1, -0.05) is 71.8 Å². The van der Waals surface area contributed by atoms with Crippen LogP contribution in [-0.2, 0) is 25.8 Å². The summed E-state index contributed by atoms with van der Waals surface area (Å²) in [4.78, 5) is 65.1. The fraction of sp³-hybridized carbons (Fsp3) is 0.213. The minimum Gasteiger partial charge on any atom is -0.508 e. The van der Waals surface area contributed by atoms with Crippen LogP contribution in [0.4, 0.5) is 15.8 Å². The smallest absolute Gasteiger partial charge is 0.241 e. The highest BCUT2D eigenvalue weighted by Gasteiger charge is 2.68. The Morgan fingerprint density at radius 1 is 0.847 bits per heavy atom. The molecule has 1 saturated carbocycles. The summed E-state index contributed by atoms with van der Waals surface area (Å²) in [5.74, 6) is -5.89. The normalized spacial score (nSPS) is 24.9. The van der Waals surface area contributed by atoms with Crippen LogP contribution in [0.3, 0.4) is 0 Å². The number of oxazole rings is 1. The predicted octanol–water partition coefficient (Wildman–Crippen LogP) is 9.01. The summed E-state index contributed by atoms with van der Waals surface area (Å²) in [6.45, 7) is 1.97. The molecule has 1 N–H and O–H groups in total. The number of anilines is 2. The summed E-state index contributed by atoms with van der Waals surface area (Å²) in [6.07, 6.45) is 2.23. The second-order valence-electron chi connectivity index (χ2n) is 15.8. The molecular formula is C47H35ClFN3O7. The molecule has 1 aromatic heterocycles. The molecular weight excluding hydrogens is 773 g/mol. The van der Waals surface area contributed by atoms with Crippen molar-refractivity contribution in [2.45, 2.75) is 32.3 Å². The number of imide groups is 2. The molecule has 10 nitrogen and oxygen atoms in total. The first kappa shape index (κ1) is 36.7. The zero-order chi connectivity index (χ0) is 40.7. The SMILES string of the molecule is C[C@@]12C(=O)N(c3ccc(F)c(Cl)c3)C(=O)[C@@H]1C[C@@H]1C(=CC[C@@H]3C(=O)N(c4ccc(-c5nc6ccccc6o5)cc4)C(=O)[C@@H]31)[C@@H]2c1ccc(OCc2ccccc2)cc1O. The van der Waals surface area contributed by atoms with E-state index in [1.807, 2.05) is 60.7 Å². The van der Waals surface area contributed by atoms with Gasteiger partial charge in [0.1, 0.15) is 29.4 Å². The second kappa shape index (κ2) is 13.8. The molecule has 294 valence electrons. The largest absolute Gasteiger partial charge is 0.508 e. The average molecular weight is 808 g/mol. The molecule has 2 saturated heterocycles. The molecule has 0 unspecified atom stereocenters. The third-order valence-electron chi connectivity index (χ3n) is 12.7. The van der Waals surface area contributed by atoms with Gasteiger partial charge in [-0.15, -0.1) is 0 Å². The van der Waals surface area contributed by atoms with E-state index in [0.29, 0.717) is 45.1 Å². The van der Waals surface area contributed by atoms with Crippen molar-refractivity contribution in [2.24, 2.45) is 29.1 Å². The molecule has 0 radical (unpaired) electrons. The number of allylic oxidation sites excluding steroid dienone is 2. The van der Waals surface area contributed by atoms with Crippen LogP contribution in [0, 0.1) is 34.9 Å². The summed E-state index contributed by atoms with van der Waals surface area (Å²) < 4.78 is 26.2. The van der Waals surface area contributed by atoms with Crippen LogP contribution < -0.4 is 14.5 Å². The number of hydrogen-bond acceptors (Lipinski definition) is 8. The molecule has 12 heteroatoms. The number of rotatable bonds is 7. The van der Waals surface area contributed by atoms with Crippen LogP contribution in [0.15, 0.2) is 131 Å². The van der Waals surface area contributed by atoms with Crippen LogP contribution in [-0.4, -0.2) is 33.7 Å². The van der Waals surface area contributed by atoms with Gasteiger partial charge < -0.3 is 14.3 Å². The quantitative estimate of drug-likeness (QED) is 0.125. The molecule has 2 aliphatic heterocycles. The molecule has 4 aliphatic rings. The molecule has 6 aromatic rings. The zero-order valence-corrected chi connectivity index (χ0v) is 32.3. The lowest BCUT2D eigenvalue weighted by Gasteiger charge is -2.49. The number of aromatic nitrogens is 1. The van der Waals surface area contributed by atoms with Crippen molar-refractivity contribution in [3.63, 3.8) is 0 Å². The molecule has 4 amide bonds. The van der Waals surface area contributed by atoms with Crippen molar-refractivity contribution in [3.05, 3.63) is 149 Å². The van der Waals surface area contributed by atoms with Gasteiger partial charge in [-0.3, -0.25) is 24.1 Å². The highest BCUT2D eigenvalue weighted by Crippen LogP contribution is 2.64. The molecule has 6 atom stereocenters. The Morgan fingerprint density at radius 2 is 1.59 bits per heavy atom. The van der Waals surface area contributed by atoms with Crippen molar-refractivity contribution in [2.75, 3.05) is 9.80 Å². The minimum atomic E-state index is -1.44. The number of fused-ring (bicyclic) bond motifs is 5. The summed E-state index contributed by atoms with van der Waals surface area (Å²) in [6, 6.07) is 32.4. The lowest BCUT2D eigenvalue weighted by atomic mass is 9.51. The number of amides is 4. The van der Waals surface area contributed by atoms with E-state index in [4.69, 9.17) is 20.8 Å². The van der Waals surface area contributed by atoms with Gasteiger partial charge in [-0.25, -0.2) is 14.3 Å². The number of para-hydroxylation sites is 2. The number of aromatic hydroxyl groups is 1. The number of carbonyl (C=O) groups is 4. The number of carbonyl (C=O) groups excluding carboxylic acids is 4. The molecule has 5 aromatic carbocycles. The maximum Gasteiger partial charge on any atom is 0.241 e. The number of phenols is 1. The molecule has 0 bridgehead atoms. The van der Waals surface area contributed by atoms with E-state index in [2.05, 4.69) is 4.98 Å². The van der Waals surface area contributed by atoms with E-state index < -0.39 is 58.5 Å².